The molecule has 19 heavy (non-hydrogen) atoms. The fourth-order valence-corrected chi connectivity index (χ4v) is 3.98. The van der Waals surface area contributed by atoms with Crippen LogP contribution in [0.1, 0.15) is 18.4 Å². The molecule has 1 aromatic rings. The first-order valence-electron chi connectivity index (χ1n) is 6.32. The molecule has 106 valence electrons. The van der Waals surface area contributed by atoms with E-state index in [1.54, 1.807) is 19.1 Å². The van der Waals surface area contributed by atoms with Gasteiger partial charge in [0.05, 0.1) is 4.90 Å². The van der Waals surface area contributed by atoms with Gasteiger partial charge in [-0.2, -0.15) is 0 Å². The van der Waals surface area contributed by atoms with Crippen LogP contribution in [0.25, 0.3) is 0 Å². The van der Waals surface area contributed by atoms with E-state index in [2.05, 4.69) is 20.7 Å². The Morgan fingerprint density at radius 2 is 2.26 bits per heavy atom. The molecule has 1 aliphatic heterocycles. The number of aryl methyl sites for hydroxylation is 1. The molecule has 2 rings (SSSR count). The molecule has 1 atom stereocenters. The fraction of sp³-hybridized carbons (Fsp3) is 0.538. The van der Waals surface area contributed by atoms with E-state index in [1.807, 2.05) is 6.07 Å². The number of sulfonamides is 1. The van der Waals surface area contributed by atoms with Crippen molar-refractivity contribution in [3.63, 3.8) is 0 Å². The van der Waals surface area contributed by atoms with Crippen molar-refractivity contribution in [1.29, 1.82) is 0 Å². The zero-order valence-corrected chi connectivity index (χ0v) is 13.3. The number of ether oxygens (including phenoxy) is 1. The number of nitrogens with one attached hydrogen (secondary N) is 1. The SMILES string of the molecule is Cc1ccc(Br)cc1S(=O)(=O)NCCC1CCOC1. The lowest BCUT2D eigenvalue weighted by atomic mass is 10.1. The molecule has 0 spiro atoms. The summed E-state index contributed by atoms with van der Waals surface area (Å²) in [5.41, 5.74) is 0.750. The fourth-order valence-electron chi connectivity index (χ4n) is 2.15. The van der Waals surface area contributed by atoms with Crippen LogP contribution < -0.4 is 4.72 Å². The van der Waals surface area contributed by atoms with Crippen molar-refractivity contribution in [2.75, 3.05) is 19.8 Å². The van der Waals surface area contributed by atoms with E-state index in [0.717, 1.165) is 36.1 Å². The normalized spacial score (nSPS) is 19.8. The second-order valence-corrected chi connectivity index (χ2v) is 7.48. The zero-order chi connectivity index (χ0) is 13.9. The predicted octanol–water partition coefficient (Wildman–Crippen LogP) is 2.46. The molecule has 1 fully saturated rings. The van der Waals surface area contributed by atoms with Gasteiger partial charge < -0.3 is 4.74 Å². The first-order chi connectivity index (χ1) is 8.99. The van der Waals surface area contributed by atoms with Crippen LogP contribution in [0.15, 0.2) is 27.6 Å². The van der Waals surface area contributed by atoms with Crippen LogP contribution in [0.4, 0.5) is 0 Å². The average molecular weight is 348 g/mol. The van der Waals surface area contributed by atoms with Gasteiger partial charge >= 0.3 is 0 Å². The number of hydrogen-bond donors (Lipinski definition) is 1. The summed E-state index contributed by atoms with van der Waals surface area (Å²) < 4.78 is 33.1. The molecule has 0 aliphatic carbocycles. The Balaban J connectivity index is 1.99. The molecule has 0 aromatic heterocycles. The highest BCUT2D eigenvalue weighted by Crippen LogP contribution is 2.21. The number of hydrogen-bond acceptors (Lipinski definition) is 3. The van der Waals surface area contributed by atoms with E-state index < -0.39 is 10.0 Å². The Morgan fingerprint density at radius 3 is 2.95 bits per heavy atom. The van der Waals surface area contributed by atoms with E-state index in [4.69, 9.17) is 4.74 Å². The molecule has 1 aromatic carbocycles. The van der Waals surface area contributed by atoms with Crippen LogP contribution in [0.2, 0.25) is 0 Å². The van der Waals surface area contributed by atoms with Gasteiger partial charge in [-0.25, -0.2) is 13.1 Å². The van der Waals surface area contributed by atoms with Gasteiger partial charge in [0.15, 0.2) is 0 Å². The van der Waals surface area contributed by atoms with Crippen LogP contribution in [0, 0.1) is 12.8 Å². The maximum atomic E-state index is 12.2. The average Bonchev–Trinajstić information content (AvgIpc) is 2.85. The minimum absolute atomic E-state index is 0.338. The Kier molecular flexibility index (Phi) is 5.00. The van der Waals surface area contributed by atoms with Crippen molar-refractivity contribution < 1.29 is 13.2 Å². The maximum absolute atomic E-state index is 12.2. The third-order valence-electron chi connectivity index (χ3n) is 3.31. The molecule has 0 amide bonds. The highest BCUT2D eigenvalue weighted by molar-refractivity contribution is 9.10. The van der Waals surface area contributed by atoms with Crippen LogP contribution in [0.5, 0.6) is 0 Å². The second kappa shape index (κ2) is 6.35. The largest absolute Gasteiger partial charge is 0.381 e. The molecular formula is C13H18BrNO3S. The number of halogens is 1. The van der Waals surface area contributed by atoms with Crippen molar-refractivity contribution in [3.05, 3.63) is 28.2 Å². The molecule has 1 saturated heterocycles. The Hall–Kier alpha value is -0.430. The van der Waals surface area contributed by atoms with Gasteiger partial charge in [0, 0.05) is 24.2 Å². The molecule has 1 heterocycles. The summed E-state index contributed by atoms with van der Waals surface area (Å²) in [6, 6.07) is 5.27. The molecule has 1 aliphatic rings. The molecule has 1 N–H and O–H groups in total. The van der Waals surface area contributed by atoms with Crippen molar-refractivity contribution in [2.45, 2.75) is 24.7 Å². The topological polar surface area (TPSA) is 55.4 Å². The van der Waals surface area contributed by atoms with Crippen LogP contribution in [-0.2, 0) is 14.8 Å². The van der Waals surface area contributed by atoms with Gasteiger partial charge in [-0.15, -0.1) is 0 Å². The summed E-state index contributed by atoms with van der Waals surface area (Å²) in [7, 11) is -3.43. The molecule has 4 nitrogen and oxygen atoms in total. The molecule has 6 heteroatoms. The van der Waals surface area contributed by atoms with Crippen molar-refractivity contribution in [3.8, 4) is 0 Å². The van der Waals surface area contributed by atoms with E-state index in [-0.39, 0.29) is 0 Å². The summed E-state index contributed by atoms with van der Waals surface area (Å²) in [6.07, 6.45) is 1.85. The zero-order valence-electron chi connectivity index (χ0n) is 10.9. The number of benzene rings is 1. The standard InChI is InChI=1S/C13H18BrNO3S/c1-10-2-3-12(14)8-13(10)19(16,17)15-6-4-11-5-7-18-9-11/h2-3,8,11,15H,4-7,9H2,1H3. The van der Waals surface area contributed by atoms with E-state index in [1.165, 1.54) is 0 Å². The Morgan fingerprint density at radius 1 is 1.47 bits per heavy atom. The minimum Gasteiger partial charge on any atom is -0.381 e. The molecule has 0 bridgehead atoms. The Bertz CT molecular complexity index is 539. The van der Waals surface area contributed by atoms with Crippen LogP contribution in [0.3, 0.4) is 0 Å². The van der Waals surface area contributed by atoms with Gasteiger partial charge in [-0.05, 0) is 43.4 Å². The lowest BCUT2D eigenvalue weighted by Crippen LogP contribution is -2.27. The third kappa shape index (κ3) is 4.02. The first-order valence-corrected chi connectivity index (χ1v) is 8.60. The lowest BCUT2D eigenvalue weighted by Gasteiger charge is -2.11. The quantitative estimate of drug-likeness (QED) is 0.889. The van der Waals surface area contributed by atoms with Gasteiger partial charge in [-0.3, -0.25) is 0 Å². The second-order valence-electron chi connectivity index (χ2n) is 4.83. The highest BCUT2D eigenvalue weighted by atomic mass is 79.9. The Labute approximate surface area is 122 Å². The van der Waals surface area contributed by atoms with Gasteiger partial charge in [-0.1, -0.05) is 22.0 Å². The summed E-state index contributed by atoms with van der Waals surface area (Å²) in [5.74, 6) is 0.478. The predicted molar refractivity (Wildman–Crippen MR) is 77.6 cm³/mol. The van der Waals surface area contributed by atoms with Crippen molar-refractivity contribution >= 4 is 26.0 Å². The van der Waals surface area contributed by atoms with Crippen LogP contribution in [-0.4, -0.2) is 28.2 Å². The van der Waals surface area contributed by atoms with Gasteiger partial charge in [0.2, 0.25) is 10.0 Å². The molecule has 1 unspecified atom stereocenters. The highest BCUT2D eigenvalue weighted by Gasteiger charge is 2.19. The van der Waals surface area contributed by atoms with Crippen molar-refractivity contribution in [2.24, 2.45) is 5.92 Å². The summed E-state index contributed by atoms with van der Waals surface area (Å²) in [4.78, 5) is 0.338. The van der Waals surface area contributed by atoms with Gasteiger partial charge in [0.1, 0.15) is 0 Å². The smallest absolute Gasteiger partial charge is 0.240 e. The lowest BCUT2D eigenvalue weighted by molar-refractivity contribution is 0.184. The van der Waals surface area contributed by atoms with Gasteiger partial charge in [0.25, 0.3) is 0 Å². The monoisotopic (exact) mass is 347 g/mol. The summed E-state index contributed by atoms with van der Waals surface area (Å²) in [6.45, 7) is 3.80. The summed E-state index contributed by atoms with van der Waals surface area (Å²) >= 11 is 3.30. The van der Waals surface area contributed by atoms with Crippen LogP contribution >= 0.6 is 15.9 Å². The molecule has 0 radical (unpaired) electrons. The first kappa shape index (κ1) is 15.0. The van der Waals surface area contributed by atoms with Crippen molar-refractivity contribution in [1.82, 2.24) is 4.72 Å². The van der Waals surface area contributed by atoms with E-state index in [0.29, 0.717) is 17.4 Å². The minimum atomic E-state index is -3.43. The molecular weight excluding hydrogens is 330 g/mol. The van der Waals surface area contributed by atoms with E-state index >= 15 is 0 Å². The molecule has 0 saturated carbocycles. The summed E-state index contributed by atoms with van der Waals surface area (Å²) in [5, 5.41) is 0. The van der Waals surface area contributed by atoms with E-state index in [9.17, 15) is 8.42 Å². The third-order valence-corrected chi connectivity index (χ3v) is 5.40. The maximum Gasteiger partial charge on any atom is 0.240 e. The number of rotatable bonds is 5.